The summed E-state index contributed by atoms with van der Waals surface area (Å²) >= 11 is 3.52. The van der Waals surface area contributed by atoms with E-state index in [9.17, 15) is 0 Å². The predicted octanol–water partition coefficient (Wildman–Crippen LogP) is 5.29. The van der Waals surface area contributed by atoms with E-state index in [1.54, 1.807) is 0 Å². The van der Waals surface area contributed by atoms with E-state index < -0.39 is 0 Å². The molecule has 0 N–H and O–H groups in total. The highest BCUT2D eigenvalue weighted by Gasteiger charge is 2.14. The molecule has 0 radical (unpaired) electrons. The maximum Gasteiger partial charge on any atom is 0.0398 e. The van der Waals surface area contributed by atoms with E-state index in [1.807, 2.05) is 0 Å². The van der Waals surface area contributed by atoms with Gasteiger partial charge in [0.25, 0.3) is 0 Å². The number of unbranched alkanes of at least 4 members (excludes halogenated alkanes) is 1. The van der Waals surface area contributed by atoms with Gasteiger partial charge in [-0.15, -0.1) is 0 Å². The SMILES string of the molecule is CCCCN(c1ccc(CBr)cc1C)C(C)CC. The van der Waals surface area contributed by atoms with E-state index in [2.05, 4.69) is 66.7 Å². The molecule has 1 aromatic rings. The molecule has 0 fully saturated rings. The number of aryl methyl sites for hydroxylation is 1. The van der Waals surface area contributed by atoms with Gasteiger partial charge in [-0.05, 0) is 43.9 Å². The lowest BCUT2D eigenvalue weighted by Crippen LogP contribution is -2.34. The summed E-state index contributed by atoms with van der Waals surface area (Å²) in [4.78, 5) is 2.57. The van der Waals surface area contributed by atoms with E-state index >= 15 is 0 Å². The van der Waals surface area contributed by atoms with Gasteiger partial charge < -0.3 is 4.90 Å². The topological polar surface area (TPSA) is 3.24 Å². The first-order chi connectivity index (χ1) is 8.63. The van der Waals surface area contributed by atoms with Crippen LogP contribution in [0.2, 0.25) is 0 Å². The van der Waals surface area contributed by atoms with Crippen molar-refractivity contribution in [2.24, 2.45) is 0 Å². The lowest BCUT2D eigenvalue weighted by atomic mass is 10.1. The second-order valence-electron chi connectivity index (χ2n) is 5.06. The standard InChI is InChI=1S/C16H26BrN/c1-5-7-10-18(14(4)6-2)16-9-8-15(12-17)11-13(16)3/h8-9,11,14H,5-7,10,12H2,1-4H3. The predicted molar refractivity (Wildman–Crippen MR) is 85.8 cm³/mol. The Balaban J connectivity index is 2.96. The molecule has 1 rings (SSSR count). The molecule has 0 aliphatic heterocycles. The Morgan fingerprint density at radius 2 is 2.00 bits per heavy atom. The molecule has 1 nitrogen and oxygen atoms in total. The summed E-state index contributed by atoms with van der Waals surface area (Å²) < 4.78 is 0. The van der Waals surface area contributed by atoms with Crippen LogP contribution in [-0.4, -0.2) is 12.6 Å². The Morgan fingerprint density at radius 1 is 1.28 bits per heavy atom. The molecule has 1 unspecified atom stereocenters. The summed E-state index contributed by atoms with van der Waals surface area (Å²) in [6.45, 7) is 10.2. The Labute approximate surface area is 121 Å². The van der Waals surface area contributed by atoms with Crippen LogP contribution in [0.5, 0.6) is 0 Å². The van der Waals surface area contributed by atoms with Gasteiger partial charge in [-0.1, -0.05) is 48.3 Å². The summed E-state index contributed by atoms with van der Waals surface area (Å²) in [7, 11) is 0. The quantitative estimate of drug-likeness (QED) is 0.618. The summed E-state index contributed by atoms with van der Waals surface area (Å²) in [5, 5.41) is 0.937. The van der Waals surface area contributed by atoms with E-state index in [0.29, 0.717) is 6.04 Å². The second kappa shape index (κ2) is 7.83. The second-order valence-corrected chi connectivity index (χ2v) is 5.62. The molecule has 0 aliphatic carbocycles. The third-order valence-electron chi connectivity index (χ3n) is 3.60. The minimum atomic E-state index is 0.616. The number of nitrogens with zero attached hydrogens (tertiary/aromatic N) is 1. The lowest BCUT2D eigenvalue weighted by Gasteiger charge is -2.32. The Kier molecular flexibility index (Phi) is 6.77. The fraction of sp³-hybridized carbons (Fsp3) is 0.625. The van der Waals surface area contributed by atoms with Crippen molar-refractivity contribution < 1.29 is 0 Å². The van der Waals surface area contributed by atoms with Crippen LogP contribution in [0.1, 0.15) is 51.2 Å². The number of halogens is 1. The minimum Gasteiger partial charge on any atom is -0.369 e. The van der Waals surface area contributed by atoms with Crippen LogP contribution in [0.25, 0.3) is 0 Å². The number of benzene rings is 1. The van der Waals surface area contributed by atoms with E-state index in [1.165, 1.54) is 42.6 Å². The molecule has 0 saturated heterocycles. The molecule has 1 atom stereocenters. The highest BCUT2D eigenvalue weighted by Crippen LogP contribution is 2.25. The van der Waals surface area contributed by atoms with Crippen LogP contribution >= 0.6 is 15.9 Å². The fourth-order valence-corrected chi connectivity index (χ4v) is 2.60. The maximum atomic E-state index is 3.52. The van der Waals surface area contributed by atoms with Crippen molar-refractivity contribution in [3.63, 3.8) is 0 Å². The molecule has 0 bridgehead atoms. The molecule has 1 aromatic carbocycles. The molecule has 18 heavy (non-hydrogen) atoms. The molecular formula is C16H26BrN. The number of hydrogen-bond donors (Lipinski definition) is 0. The fourth-order valence-electron chi connectivity index (χ4n) is 2.25. The van der Waals surface area contributed by atoms with Gasteiger partial charge in [-0.25, -0.2) is 0 Å². The minimum absolute atomic E-state index is 0.616. The van der Waals surface area contributed by atoms with Gasteiger partial charge in [-0.3, -0.25) is 0 Å². The zero-order valence-electron chi connectivity index (χ0n) is 12.2. The zero-order chi connectivity index (χ0) is 13.5. The summed E-state index contributed by atoms with van der Waals surface area (Å²) in [5.41, 5.74) is 4.15. The molecule has 0 aliphatic rings. The van der Waals surface area contributed by atoms with Crippen LogP contribution in [0.4, 0.5) is 5.69 Å². The summed E-state index contributed by atoms with van der Waals surface area (Å²) in [6, 6.07) is 7.43. The Hall–Kier alpha value is -0.500. The Bertz CT molecular complexity index is 362. The summed E-state index contributed by atoms with van der Waals surface area (Å²) in [6.07, 6.45) is 3.72. The molecule has 0 saturated carbocycles. The van der Waals surface area contributed by atoms with Gasteiger partial charge in [0.1, 0.15) is 0 Å². The molecule has 2 heteroatoms. The lowest BCUT2D eigenvalue weighted by molar-refractivity contribution is 0.594. The van der Waals surface area contributed by atoms with Gasteiger partial charge in [0.05, 0.1) is 0 Å². The first kappa shape index (κ1) is 15.6. The third-order valence-corrected chi connectivity index (χ3v) is 4.25. The van der Waals surface area contributed by atoms with Crippen molar-refractivity contribution in [3.8, 4) is 0 Å². The van der Waals surface area contributed by atoms with Crippen LogP contribution in [-0.2, 0) is 5.33 Å². The number of alkyl halides is 1. The first-order valence-corrected chi connectivity index (χ1v) is 8.18. The highest BCUT2D eigenvalue weighted by atomic mass is 79.9. The maximum absolute atomic E-state index is 3.52. The number of rotatable bonds is 7. The van der Waals surface area contributed by atoms with Gasteiger partial charge in [0.2, 0.25) is 0 Å². The van der Waals surface area contributed by atoms with Crippen LogP contribution in [0.15, 0.2) is 18.2 Å². The van der Waals surface area contributed by atoms with E-state index in [4.69, 9.17) is 0 Å². The molecule has 0 amide bonds. The third kappa shape index (κ3) is 4.01. The normalized spacial score (nSPS) is 12.5. The van der Waals surface area contributed by atoms with Crippen molar-refractivity contribution in [1.29, 1.82) is 0 Å². The van der Waals surface area contributed by atoms with Crippen LogP contribution < -0.4 is 4.90 Å². The van der Waals surface area contributed by atoms with Crippen molar-refractivity contribution in [2.75, 3.05) is 11.4 Å². The number of anilines is 1. The molecule has 0 aromatic heterocycles. The van der Waals surface area contributed by atoms with Gasteiger partial charge >= 0.3 is 0 Å². The van der Waals surface area contributed by atoms with Crippen molar-refractivity contribution >= 4 is 21.6 Å². The van der Waals surface area contributed by atoms with E-state index in [-0.39, 0.29) is 0 Å². The average molecular weight is 312 g/mol. The molecule has 0 spiro atoms. The van der Waals surface area contributed by atoms with Crippen LogP contribution in [0, 0.1) is 6.92 Å². The highest BCUT2D eigenvalue weighted by molar-refractivity contribution is 9.08. The molecule has 102 valence electrons. The van der Waals surface area contributed by atoms with Gasteiger partial charge in [-0.2, -0.15) is 0 Å². The smallest absolute Gasteiger partial charge is 0.0398 e. The largest absolute Gasteiger partial charge is 0.369 e. The Morgan fingerprint density at radius 3 is 2.50 bits per heavy atom. The monoisotopic (exact) mass is 311 g/mol. The van der Waals surface area contributed by atoms with Gasteiger partial charge in [0.15, 0.2) is 0 Å². The van der Waals surface area contributed by atoms with Crippen molar-refractivity contribution in [1.82, 2.24) is 0 Å². The van der Waals surface area contributed by atoms with Crippen molar-refractivity contribution in [2.45, 2.75) is 58.3 Å². The first-order valence-electron chi connectivity index (χ1n) is 7.06. The zero-order valence-corrected chi connectivity index (χ0v) is 13.8. The van der Waals surface area contributed by atoms with Crippen LogP contribution in [0.3, 0.4) is 0 Å². The van der Waals surface area contributed by atoms with Crippen molar-refractivity contribution in [3.05, 3.63) is 29.3 Å². The molecular weight excluding hydrogens is 286 g/mol. The average Bonchev–Trinajstić information content (AvgIpc) is 2.39. The number of hydrogen-bond acceptors (Lipinski definition) is 1. The molecule has 0 heterocycles. The van der Waals surface area contributed by atoms with Gasteiger partial charge in [0, 0.05) is 23.6 Å². The van der Waals surface area contributed by atoms with E-state index in [0.717, 1.165) is 5.33 Å². The summed E-state index contributed by atoms with van der Waals surface area (Å²) in [5.74, 6) is 0.